The molecule has 0 saturated heterocycles. The summed E-state index contributed by atoms with van der Waals surface area (Å²) in [5, 5.41) is 3.05. The van der Waals surface area contributed by atoms with Crippen LogP contribution >= 0.6 is 0 Å². The number of amides is 1. The first kappa shape index (κ1) is 17.9. The number of benzene rings is 2. The second-order valence-corrected chi connectivity index (χ2v) is 6.09. The van der Waals surface area contributed by atoms with Crippen molar-refractivity contribution in [3.05, 3.63) is 58.1 Å². The van der Waals surface area contributed by atoms with E-state index in [9.17, 15) is 4.79 Å². The quantitative estimate of drug-likeness (QED) is 0.898. The van der Waals surface area contributed by atoms with Crippen LogP contribution in [-0.4, -0.2) is 20.1 Å². The van der Waals surface area contributed by atoms with E-state index in [-0.39, 0.29) is 11.9 Å². The van der Waals surface area contributed by atoms with E-state index < -0.39 is 0 Å². The van der Waals surface area contributed by atoms with Gasteiger partial charge in [-0.05, 0) is 62.1 Å². The predicted molar refractivity (Wildman–Crippen MR) is 96.1 cm³/mol. The van der Waals surface area contributed by atoms with Crippen LogP contribution in [0.15, 0.2) is 30.3 Å². The molecule has 1 amide bonds. The zero-order valence-electron chi connectivity index (χ0n) is 15.2. The number of hydrogen-bond donors (Lipinski definition) is 1. The molecule has 2 aromatic rings. The summed E-state index contributed by atoms with van der Waals surface area (Å²) in [7, 11) is 3.13. The summed E-state index contributed by atoms with van der Waals surface area (Å²) in [6.07, 6.45) is 0. The third-order valence-corrected chi connectivity index (χ3v) is 4.31. The van der Waals surface area contributed by atoms with Gasteiger partial charge in [0, 0.05) is 11.6 Å². The Morgan fingerprint density at radius 2 is 1.42 bits per heavy atom. The highest BCUT2D eigenvalue weighted by Crippen LogP contribution is 2.25. The number of carbonyl (C=O) groups excluding carboxylic acids is 1. The maximum atomic E-state index is 12.6. The maximum Gasteiger partial charge on any atom is 0.252 e. The summed E-state index contributed by atoms with van der Waals surface area (Å²) in [6, 6.07) is 9.36. The molecule has 0 aliphatic carbocycles. The van der Waals surface area contributed by atoms with Gasteiger partial charge >= 0.3 is 0 Å². The largest absolute Gasteiger partial charge is 0.497 e. The van der Waals surface area contributed by atoms with Gasteiger partial charge in [-0.2, -0.15) is 0 Å². The molecule has 128 valence electrons. The lowest BCUT2D eigenvalue weighted by atomic mass is 9.96. The Labute approximate surface area is 143 Å². The number of hydrogen-bond acceptors (Lipinski definition) is 3. The van der Waals surface area contributed by atoms with E-state index in [4.69, 9.17) is 9.47 Å². The number of nitrogens with one attached hydrogen (secondary N) is 1. The number of aryl methyl sites for hydroxylation is 3. The topological polar surface area (TPSA) is 47.6 Å². The van der Waals surface area contributed by atoms with Crippen LogP contribution in [-0.2, 0) is 0 Å². The molecule has 0 fully saturated rings. The van der Waals surface area contributed by atoms with Crippen molar-refractivity contribution in [2.75, 3.05) is 14.2 Å². The van der Waals surface area contributed by atoms with E-state index in [2.05, 4.69) is 38.2 Å². The third kappa shape index (κ3) is 3.88. The molecule has 1 unspecified atom stereocenters. The van der Waals surface area contributed by atoms with Gasteiger partial charge in [0.15, 0.2) is 0 Å². The van der Waals surface area contributed by atoms with Gasteiger partial charge in [0.05, 0.1) is 20.3 Å². The van der Waals surface area contributed by atoms with Crippen LogP contribution in [0.2, 0.25) is 0 Å². The Morgan fingerprint density at radius 3 is 1.96 bits per heavy atom. The molecular formula is C20H25NO3. The van der Waals surface area contributed by atoms with Crippen LogP contribution < -0.4 is 14.8 Å². The lowest BCUT2D eigenvalue weighted by Crippen LogP contribution is -2.27. The van der Waals surface area contributed by atoms with Crippen molar-refractivity contribution >= 4 is 5.91 Å². The monoisotopic (exact) mass is 327 g/mol. The summed E-state index contributed by atoms with van der Waals surface area (Å²) in [6.45, 7) is 8.24. The molecule has 0 heterocycles. The van der Waals surface area contributed by atoms with Crippen LogP contribution in [0.5, 0.6) is 11.5 Å². The second-order valence-electron chi connectivity index (χ2n) is 6.09. The zero-order valence-corrected chi connectivity index (χ0v) is 15.2. The molecule has 0 aliphatic rings. The van der Waals surface area contributed by atoms with Gasteiger partial charge in [0.1, 0.15) is 11.5 Å². The second kappa shape index (κ2) is 7.39. The molecule has 2 aromatic carbocycles. The number of rotatable bonds is 5. The van der Waals surface area contributed by atoms with Gasteiger partial charge in [0.2, 0.25) is 0 Å². The van der Waals surface area contributed by atoms with Gasteiger partial charge in [0.25, 0.3) is 5.91 Å². The van der Waals surface area contributed by atoms with E-state index >= 15 is 0 Å². The average molecular weight is 327 g/mol. The highest BCUT2D eigenvalue weighted by Gasteiger charge is 2.16. The van der Waals surface area contributed by atoms with Gasteiger partial charge in [-0.15, -0.1) is 0 Å². The molecule has 0 bridgehead atoms. The number of carbonyl (C=O) groups is 1. The third-order valence-electron chi connectivity index (χ3n) is 4.31. The molecule has 0 radical (unpaired) electrons. The Kier molecular flexibility index (Phi) is 5.50. The van der Waals surface area contributed by atoms with Gasteiger partial charge < -0.3 is 14.8 Å². The predicted octanol–water partition coefficient (Wildman–Crippen LogP) is 4.12. The van der Waals surface area contributed by atoms with Crippen molar-refractivity contribution < 1.29 is 14.3 Å². The van der Waals surface area contributed by atoms with Crippen molar-refractivity contribution in [2.24, 2.45) is 0 Å². The van der Waals surface area contributed by atoms with E-state index in [1.165, 1.54) is 16.7 Å². The van der Waals surface area contributed by atoms with Gasteiger partial charge in [-0.25, -0.2) is 0 Å². The highest BCUT2D eigenvalue weighted by atomic mass is 16.5. The Balaban J connectivity index is 2.25. The first-order valence-corrected chi connectivity index (χ1v) is 7.97. The highest BCUT2D eigenvalue weighted by molar-refractivity contribution is 5.95. The van der Waals surface area contributed by atoms with Crippen LogP contribution in [0.25, 0.3) is 0 Å². The van der Waals surface area contributed by atoms with Gasteiger partial charge in [-0.1, -0.05) is 12.1 Å². The fourth-order valence-corrected chi connectivity index (χ4v) is 2.75. The van der Waals surface area contributed by atoms with Crippen LogP contribution in [0.3, 0.4) is 0 Å². The summed E-state index contributed by atoms with van der Waals surface area (Å²) < 4.78 is 10.5. The van der Waals surface area contributed by atoms with Crippen molar-refractivity contribution in [3.8, 4) is 11.5 Å². The maximum absolute atomic E-state index is 12.6. The minimum atomic E-state index is -0.155. The minimum absolute atomic E-state index is 0.0889. The molecular weight excluding hydrogens is 302 g/mol. The van der Waals surface area contributed by atoms with Gasteiger partial charge in [-0.3, -0.25) is 4.79 Å². The van der Waals surface area contributed by atoms with E-state index in [1.54, 1.807) is 32.4 Å². The molecule has 2 rings (SSSR count). The first-order valence-electron chi connectivity index (χ1n) is 7.97. The fraction of sp³-hybridized carbons (Fsp3) is 0.350. The van der Waals surface area contributed by atoms with Crippen molar-refractivity contribution in [3.63, 3.8) is 0 Å². The lowest BCUT2D eigenvalue weighted by molar-refractivity contribution is 0.0939. The van der Waals surface area contributed by atoms with Crippen LogP contribution in [0, 0.1) is 20.8 Å². The molecule has 0 spiro atoms. The molecule has 1 atom stereocenters. The lowest BCUT2D eigenvalue weighted by Gasteiger charge is -2.19. The molecule has 1 N–H and O–H groups in total. The average Bonchev–Trinajstić information content (AvgIpc) is 2.57. The van der Waals surface area contributed by atoms with E-state index in [1.807, 2.05) is 6.92 Å². The molecule has 4 nitrogen and oxygen atoms in total. The molecule has 0 aromatic heterocycles. The number of ether oxygens (including phenoxy) is 2. The molecule has 24 heavy (non-hydrogen) atoms. The van der Waals surface area contributed by atoms with Crippen molar-refractivity contribution in [1.29, 1.82) is 0 Å². The SMILES string of the molecule is COc1cc(OC)cc(C(=O)NC(C)c2cc(C)c(C)cc2C)c1. The Bertz CT molecular complexity index is 731. The number of methoxy groups -OCH3 is 2. The zero-order chi connectivity index (χ0) is 17.9. The Morgan fingerprint density at radius 1 is 0.875 bits per heavy atom. The van der Waals surface area contributed by atoms with Crippen molar-refractivity contribution in [1.82, 2.24) is 5.32 Å². The molecule has 0 aliphatic heterocycles. The fourth-order valence-electron chi connectivity index (χ4n) is 2.75. The molecule has 0 saturated carbocycles. The van der Waals surface area contributed by atoms with Crippen molar-refractivity contribution in [2.45, 2.75) is 33.7 Å². The van der Waals surface area contributed by atoms with Crippen LogP contribution in [0.4, 0.5) is 0 Å². The smallest absolute Gasteiger partial charge is 0.252 e. The standard InChI is InChI=1S/C20H25NO3/c1-12-7-14(3)19(8-13(12)2)15(4)21-20(22)16-9-17(23-5)11-18(10-16)24-6/h7-11,15H,1-6H3,(H,21,22). The molecule has 4 heteroatoms. The Hall–Kier alpha value is -2.49. The van der Waals surface area contributed by atoms with Crippen LogP contribution in [0.1, 0.15) is 45.6 Å². The summed E-state index contributed by atoms with van der Waals surface area (Å²) in [4.78, 5) is 12.6. The van der Waals surface area contributed by atoms with E-state index in [0.717, 1.165) is 5.56 Å². The normalized spacial score (nSPS) is 11.8. The minimum Gasteiger partial charge on any atom is -0.497 e. The summed E-state index contributed by atoms with van der Waals surface area (Å²) in [5.41, 5.74) is 5.29. The van der Waals surface area contributed by atoms with E-state index in [0.29, 0.717) is 17.1 Å². The summed E-state index contributed by atoms with van der Waals surface area (Å²) >= 11 is 0. The first-order chi connectivity index (χ1) is 11.3. The summed E-state index contributed by atoms with van der Waals surface area (Å²) in [5.74, 6) is 1.03.